The van der Waals surface area contributed by atoms with Gasteiger partial charge in [-0.2, -0.15) is 0 Å². The first kappa shape index (κ1) is 17.8. The molecule has 0 radical (unpaired) electrons. The Morgan fingerprint density at radius 2 is 1.89 bits per heavy atom. The number of amides is 1. The number of likely N-dealkylation sites (tertiary alicyclic amines) is 1. The molecule has 2 saturated heterocycles. The molecule has 27 heavy (non-hydrogen) atoms. The SMILES string of the molecule is O=C(c1cccnc1N1CCOCC1)N1CCCC(Nc2ccccc2)C1. The molecule has 0 aliphatic carbocycles. The van der Waals surface area contributed by atoms with Gasteiger partial charge in [-0.15, -0.1) is 0 Å². The number of carbonyl (C=O) groups is 1. The van der Waals surface area contributed by atoms with Gasteiger partial charge in [0.2, 0.25) is 0 Å². The first-order valence-corrected chi connectivity index (χ1v) is 9.70. The Morgan fingerprint density at radius 1 is 1.07 bits per heavy atom. The van der Waals surface area contributed by atoms with Crippen LogP contribution in [0.4, 0.5) is 11.5 Å². The number of aromatic nitrogens is 1. The Hall–Kier alpha value is -2.60. The van der Waals surface area contributed by atoms with Crippen LogP contribution in [0.15, 0.2) is 48.7 Å². The summed E-state index contributed by atoms with van der Waals surface area (Å²) in [5, 5.41) is 3.56. The van der Waals surface area contributed by atoms with E-state index < -0.39 is 0 Å². The van der Waals surface area contributed by atoms with Crippen molar-refractivity contribution in [2.75, 3.05) is 49.6 Å². The molecule has 1 amide bonds. The maximum atomic E-state index is 13.3. The highest BCUT2D eigenvalue weighted by atomic mass is 16.5. The number of ether oxygens (including phenoxy) is 1. The molecule has 3 heterocycles. The van der Waals surface area contributed by atoms with Crippen LogP contribution in [0.1, 0.15) is 23.2 Å². The molecule has 6 heteroatoms. The number of morpholine rings is 1. The lowest BCUT2D eigenvalue weighted by Crippen LogP contribution is -2.46. The van der Waals surface area contributed by atoms with Gasteiger partial charge in [0.1, 0.15) is 5.82 Å². The van der Waals surface area contributed by atoms with Crippen molar-refractivity contribution in [3.63, 3.8) is 0 Å². The predicted octanol–water partition coefficient (Wildman–Crippen LogP) is 2.63. The van der Waals surface area contributed by atoms with Gasteiger partial charge in [0.25, 0.3) is 5.91 Å². The van der Waals surface area contributed by atoms with Crippen LogP contribution in [0.25, 0.3) is 0 Å². The fraction of sp³-hybridized carbons (Fsp3) is 0.429. The number of rotatable bonds is 4. The standard InChI is InChI=1S/C21H26N4O2/c26-21(19-9-4-10-22-20(19)24-12-14-27-15-13-24)25-11-5-8-18(16-25)23-17-6-2-1-3-7-17/h1-4,6-7,9-10,18,23H,5,8,11-16H2. The molecule has 2 aliphatic heterocycles. The number of nitrogens with one attached hydrogen (secondary N) is 1. The number of anilines is 2. The number of nitrogens with zero attached hydrogens (tertiary/aromatic N) is 3. The summed E-state index contributed by atoms with van der Waals surface area (Å²) in [6, 6.07) is 14.2. The van der Waals surface area contributed by atoms with Crippen molar-refractivity contribution < 1.29 is 9.53 Å². The lowest BCUT2D eigenvalue weighted by molar-refractivity contribution is 0.0714. The minimum atomic E-state index is 0.0733. The molecule has 1 N–H and O–H groups in total. The summed E-state index contributed by atoms with van der Waals surface area (Å²) < 4.78 is 5.44. The molecular weight excluding hydrogens is 340 g/mol. The molecule has 1 aromatic carbocycles. The Bertz CT molecular complexity index is 762. The minimum Gasteiger partial charge on any atom is -0.381 e. The average molecular weight is 366 g/mol. The molecular formula is C21H26N4O2. The van der Waals surface area contributed by atoms with E-state index in [1.807, 2.05) is 35.2 Å². The highest BCUT2D eigenvalue weighted by Crippen LogP contribution is 2.23. The predicted molar refractivity (Wildman–Crippen MR) is 106 cm³/mol. The van der Waals surface area contributed by atoms with Gasteiger partial charge in [-0.3, -0.25) is 4.79 Å². The van der Waals surface area contributed by atoms with Crippen LogP contribution in [0.2, 0.25) is 0 Å². The quantitative estimate of drug-likeness (QED) is 0.901. The Balaban J connectivity index is 1.47. The van der Waals surface area contributed by atoms with Crippen LogP contribution in [0.5, 0.6) is 0 Å². The summed E-state index contributed by atoms with van der Waals surface area (Å²) in [6.07, 6.45) is 3.84. The number of benzene rings is 1. The first-order valence-electron chi connectivity index (χ1n) is 9.70. The van der Waals surface area contributed by atoms with Gasteiger partial charge >= 0.3 is 0 Å². The molecule has 142 valence electrons. The van der Waals surface area contributed by atoms with Crippen molar-refractivity contribution >= 4 is 17.4 Å². The zero-order chi connectivity index (χ0) is 18.5. The van der Waals surface area contributed by atoms with Crippen molar-refractivity contribution in [2.45, 2.75) is 18.9 Å². The van der Waals surface area contributed by atoms with Gasteiger partial charge in [-0.1, -0.05) is 18.2 Å². The molecule has 1 aromatic heterocycles. The van der Waals surface area contributed by atoms with E-state index in [4.69, 9.17) is 4.74 Å². The smallest absolute Gasteiger partial charge is 0.257 e. The van der Waals surface area contributed by atoms with Crippen molar-refractivity contribution in [2.24, 2.45) is 0 Å². The van der Waals surface area contributed by atoms with Gasteiger partial charge in [0.15, 0.2) is 0 Å². The molecule has 0 spiro atoms. The monoisotopic (exact) mass is 366 g/mol. The normalized spacial score (nSPS) is 20.4. The maximum Gasteiger partial charge on any atom is 0.257 e. The van der Waals surface area contributed by atoms with E-state index in [1.54, 1.807) is 6.20 Å². The highest BCUT2D eigenvalue weighted by molar-refractivity contribution is 5.99. The van der Waals surface area contributed by atoms with Gasteiger partial charge in [-0.05, 0) is 37.1 Å². The minimum absolute atomic E-state index is 0.0733. The van der Waals surface area contributed by atoms with Gasteiger partial charge in [0, 0.05) is 44.1 Å². The van der Waals surface area contributed by atoms with Crippen LogP contribution >= 0.6 is 0 Å². The van der Waals surface area contributed by atoms with Crippen LogP contribution in [-0.2, 0) is 4.74 Å². The lowest BCUT2D eigenvalue weighted by atomic mass is 10.0. The van der Waals surface area contributed by atoms with Crippen LogP contribution in [-0.4, -0.2) is 61.2 Å². The number of hydrogen-bond acceptors (Lipinski definition) is 5. The van der Waals surface area contributed by atoms with E-state index >= 15 is 0 Å². The highest BCUT2D eigenvalue weighted by Gasteiger charge is 2.28. The third-order valence-corrected chi connectivity index (χ3v) is 5.18. The summed E-state index contributed by atoms with van der Waals surface area (Å²) >= 11 is 0. The topological polar surface area (TPSA) is 57.7 Å². The molecule has 2 aliphatic rings. The number of para-hydroxylation sites is 1. The molecule has 6 nitrogen and oxygen atoms in total. The van der Waals surface area contributed by atoms with Crippen LogP contribution in [0, 0.1) is 0 Å². The molecule has 4 rings (SSSR count). The molecule has 0 bridgehead atoms. The number of carbonyl (C=O) groups excluding carboxylic acids is 1. The summed E-state index contributed by atoms with van der Waals surface area (Å²) in [7, 11) is 0. The Labute approximate surface area is 160 Å². The van der Waals surface area contributed by atoms with Gasteiger partial charge in [-0.25, -0.2) is 4.98 Å². The van der Waals surface area contributed by atoms with E-state index in [1.165, 1.54) is 0 Å². The van der Waals surface area contributed by atoms with Crippen molar-refractivity contribution in [1.29, 1.82) is 0 Å². The summed E-state index contributed by atoms with van der Waals surface area (Å²) in [5.41, 5.74) is 1.80. The summed E-state index contributed by atoms with van der Waals surface area (Å²) in [6.45, 7) is 4.41. The molecule has 2 aromatic rings. The van der Waals surface area contributed by atoms with E-state index in [9.17, 15) is 4.79 Å². The number of pyridine rings is 1. The molecule has 1 unspecified atom stereocenters. The third-order valence-electron chi connectivity index (χ3n) is 5.18. The third kappa shape index (κ3) is 4.22. The summed E-state index contributed by atoms with van der Waals surface area (Å²) in [4.78, 5) is 21.9. The Kier molecular flexibility index (Phi) is 5.53. The molecule has 2 fully saturated rings. The number of hydrogen-bond donors (Lipinski definition) is 1. The average Bonchev–Trinajstić information content (AvgIpc) is 2.75. The Morgan fingerprint density at radius 3 is 2.70 bits per heavy atom. The van der Waals surface area contributed by atoms with Crippen LogP contribution in [0.3, 0.4) is 0 Å². The first-order chi connectivity index (χ1) is 13.3. The van der Waals surface area contributed by atoms with E-state index in [0.717, 1.165) is 44.0 Å². The van der Waals surface area contributed by atoms with Gasteiger partial charge < -0.3 is 19.9 Å². The largest absolute Gasteiger partial charge is 0.381 e. The second kappa shape index (κ2) is 8.39. The molecule has 1 atom stereocenters. The number of piperidine rings is 1. The van der Waals surface area contributed by atoms with Crippen molar-refractivity contribution in [3.05, 3.63) is 54.2 Å². The zero-order valence-corrected chi connectivity index (χ0v) is 15.5. The molecule has 0 saturated carbocycles. The van der Waals surface area contributed by atoms with Gasteiger partial charge in [0.05, 0.1) is 18.8 Å². The van der Waals surface area contributed by atoms with E-state index in [0.29, 0.717) is 25.3 Å². The van der Waals surface area contributed by atoms with E-state index in [-0.39, 0.29) is 11.9 Å². The van der Waals surface area contributed by atoms with Crippen LogP contribution < -0.4 is 10.2 Å². The van der Waals surface area contributed by atoms with Crippen molar-refractivity contribution in [3.8, 4) is 0 Å². The fourth-order valence-electron chi connectivity index (χ4n) is 3.81. The summed E-state index contributed by atoms with van der Waals surface area (Å²) in [5.74, 6) is 0.855. The van der Waals surface area contributed by atoms with Crippen molar-refractivity contribution in [1.82, 2.24) is 9.88 Å². The maximum absolute atomic E-state index is 13.3. The lowest BCUT2D eigenvalue weighted by Gasteiger charge is -2.35. The second-order valence-electron chi connectivity index (χ2n) is 7.07. The zero-order valence-electron chi connectivity index (χ0n) is 15.5. The fourth-order valence-corrected chi connectivity index (χ4v) is 3.81. The van der Waals surface area contributed by atoms with E-state index in [2.05, 4.69) is 27.3 Å². The second-order valence-corrected chi connectivity index (χ2v) is 7.07.